The molecule has 0 saturated heterocycles. The van der Waals surface area contributed by atoms with Gasteiger partial charge in [0.05, 0.1) is 28.1 Å². The maximum atomic E-state index is 10.7. The number of nitrogens with zero attached hydrogens (tertiary/aromatic N) is 3. The Hall–Kier alpha value is -6.78. The smallest absolute Gasteiger partial charge is 0.124 e. The first-order valence-corrected chi connectivity index (χ1v) is 16.7. The molecule has 9 rings (SSSR count). The highest BCUT2D eigenvalue weighted by Crippen LogP contribution is 2.37. The number of pyridine rings is 2. The lowest BCUT2D eigenvalue weighted by atomic mass is 9.98. The summed E-state index contributed by atoms with van der Waals surface area (Å²) in [7, 11) is 0. The zero-order valence-electron chi connectivity index (χ0n) is 27.1. The van der Waals surface area contributed by atoms with Crippen LogP contribution in [0.25, 0.3) is 83.5 Å². The number of rotatable bonds is 6. The summed E-state index contributed by atoms with van der Waals surface area (Å²) in [5.74, 6) is 0.203. The van der Waals surface area contributed by atoms with Crippen LogP contribution in [-0.2, 0) is 0 Å². The first kappa shape index (κ1) is 29.4. The second-order valence-corrected chi connectivity index (χ2v) is 12.4. The predicted molar refractivity (Wildman–Crippen MR) is 205 cm³/mol. The molecule has 0 aliphatic heterocycles. The van der Waals surface area contributed by atoms with Gasteiger partial charge in [-0.05, 0) is 95.1 Å². The summed E-state index contributed by atoms with van der Waals surface area (Å²) in [4.78, 5) is 9.87. The number of hydrogen-bond donors (Lipinski definition) is 1. The third-order valence-corrected chi connectivity index (χ3v) is 9.35. The van der Waals surface area contributed by atoms with Crippen molar-refractivity contribution in [1.82, 2.24) is 14.5 Å². The Morgan fingerprint density at radius 2 is 1.04 bits per heavy atom. The standard InChI is InChI=1S/C46H31N3O/c50-46-21-10-8-19-39(46)43-30-36(31-12-3-1-4-13-31)29-42(48-43)35-15-11-14-34(26-35)41-28-33(24-25-47-41)32-22-23-45-40(27-32)38-18-7-9-20-44(38)49(45)37-16-5-2-6-17-37/h1-30,50H. The number of aromatic hydroxyl groups is 1. The van der Waals surface area contributed by atoms with Crippen molar-refractivity contribution in [2.24, 2.45) is 0 Å². The molecule has 0 aliphatic rings. The molecule has 0 saturated carbocycles. The van der Waals surface area contributed by atoms with Gasteiger partial charge in [0.2, 0.25) is 0 Å². The van der Waals surface area contributed by atoms with E-state index < -0.39 is 0 Å². The van der Waals surface area contributed by atoms with Gasteiger partial charge in [-0.15, -0.1) is 0 Å². The van der Waals surface area contributed by atoms with Crippen LogP contribution in [0, 0.1) is 0 Å². The van der Waals surface area contributed by atoms with E-state index >= 15 is 0 Å². The van der Waals surface area contributed by atoms with Gasteiger partial charge in [-0.1, -0.05) is 103 Å². The topological polar surface area (TPSA) is 50.9 Å². The molecule has 0 radical (unpaired) electrons. The number of aromatic nitrogens is 3. The molecule has 0 spiro atoms. The van der Waals surface area contributed by atoms with E-state index in [1.54, 1.807) is 6.07 Å². The Kier molecular flexibility index (Phi) is 7.25. The molecule has 0 atom stereocenters. The van der Waals surface area contributed by atoms with Crippen LogP contribution in [-0.4, -0.2) is 19.6 Å². The predicted octanol–water partition coefficient (Wildman–Crippen LogP) is 11.6. The molecule has 6 aromatic carbocycles. The minimum Gasteiger partial charge on any atom is -0.507 e. The summed E-state index contributed by atoms with van der Waals surface area (Å²) in [5, 5.41) is 13.2. The number of benzene rings is 6. The van der Waals surface area contributed by atoms with E-state index in [1.807, 2.05) is 48.7 Å². The first-order valence-electron chi connectivity index (χ1n) is 16.7. The average molecular weight is 642 g/mol. The van der Waals surface area contributed by atoms with Crippen LogP contribution < -0.4 is 0 Å². The first-order chi connectivity index (χ1) is 24.7. The molecule has 1 N–H and O–H groups in total. The molecule has 0 unspecified atom stereocenters. The van der Waals surface area contributed by atoms with Crippen LogP contribution in [0.4, 0.5) is 0 Å². The van der Waals surface area contributed by atoms with E-state index in [2.05, 4.69) is 132 Å². The zero-order chi connectivity index (χ0) is 33.4. The Morgan fingerprint density at radius 1 is 0.400 bits per heavy atom. The van der Waals surface area contributed by atoms with E-state index in [0.717, 1.165) is 50.5 Å². The second-order valence-electron chi connectivity index (χ2n) is 12.4. The van der Waals surface area contributed by atoms with Gasteiger partial charge in [0.25, 0.3) is 0 Å². The second kappa shape index (κ2) is 12.3. The lowest BCUT2D eigenvalue weighted by molar-refractivity contribution is 0.477. The molecule has 0 bridgehead atoms. The molecule has 3 heterocycles. The van der Waals surface area contributed by atoms with Crippen molar-refractivity contribution in [3.05, 3.63) is 182 Å². The van der Waals surface area contributed by atoms with E-state index in [1.165, 1.54) is 21.8 Å². The van der Waals surface area contributed by atoms with Crippen molar-refractivity contribution >= 4 is 21.8 Å². The summed E-state index contributed by atoms with van der Waals surface area (Å²) in [6, 6.07) is 60.3. The number of phenols is 1. The molecular weight excluding hydrogens is 611 g/mol. The van der Waals surface area contributed by atoms with Gasteiger partial charge >= 0.3 is 0 Å². The Morgan fingerprint density at radius 3 is 1.88 bits per heavy atom. The van der Waals surface area contributed by atoms with Crippen LogP contribution in [0.15, 0.2) is 182 Å². The van der Waals surface area contributed by atoms with Crippen molar-refractivity contribution in [3.63, 3.8) is 0 Å². The summed E-state index contributed by atoms with van der Waals surface area (Å²) < 4.78 is 2.34. The highest BCUT2D eigenvalue weighted by molar-refractivity contribution is 6.10. The Bertz CT molecular complexity index is 2660. The molecule has 236 valence electrons. The monoisotopic (exact) mass is 641 g/mol. The Labute approximate surface area is 290 Å². The maximum Gasteiger partial charge on any atom is 0.124 e. The van der Waals surface area contributed by atoms with Crippen LogP contribution >= 0.6 is 0 Å². The zero-order valence-corrected chi connectivity index (χ0v) is 27.1. The lowest BCUT2D eigenvalue weighted by Gasteiger charge is -2.12. The van der Waals surface area contributed by atoms with Crippen LogP contribution in [0.2, 0.25) is 0 Å². The summed E-state index contributed by atoms with van der Waals surface area (Å²) in [6.07, 6.45) is 1.89. The van der Waals surface area contributed by atoms with E-state index in [0.29, 0.717) is 11.3 Å². The number of hydrogen-bond acceptors (Lipinski definition) is 3. The van der Waals surface area contributed by atoms with Crippen molar-refractivity contribution < 1.29 is 5.11 Å². The van der Waals surface area contributed by atoms with Gasteiger partial charge in [-0.2, -0.15) is 0 Å². The number of para-hydroxylation sites is 3. The quantitative estimate of drug-likeness (QED) is 0.197. The molecular formula is C46H31N3O. The maximum absolute atomic E-state index is 10.7. The fraction of sp³-hybridized carbons (Fsp3) is 0. The van der Waals surface area contributed by atoms with Crippen molar-refractivity contribution in [3.8, 4) is 67.5 Å². The SMILES string of the molecule is Oc1ccccc1-c1cc(-c2ccccc2)cc(-c2cccc(-c3cc(-c4ccc5c(c4)c4ccccc4n5-c4ccccc4)ccn3)c2)n1. The van der Waals surface area contributed by atoms with Crippen LogP contribution in [0.3, 0.4) is 0 Å². The van der Waals surface area contributed by atoms with Gasteiger partial charge in [0, 0.05) is 39.3 Å². The fourth-order valence-corrected chi connectivity index (χ4v) is 6.92. The highest BCUT2D eigenvalue weighted by Gasteiger charge is 2.15. The van der Waals surface area contributed by atoms with Crippen molar-refractivity contribution in [2.75, 3.05) is 0 Å². The number of phenolic OH excluding ortho intramolecular Hbond substituents is 1. The molecule has 4 heteroatoms. The molecule has 4 nitrogen and oxygen atoms in total. The van der Waals surface area contributed by atoms with Gasteiger partial charge < -0.3 is 9.67 Å². The fourth-order valence-electron chi connectivity index (χ4n) is 6.92. The minimum atomic E-state index is 0.203. The van der Waals surface area contributed by atoms with Gasteiger partial charge in [0.15, 0.2) is 0 Å². The van der Waals surface area contributed by atoms with Gasteiger partial charge in [-0.25, -0.2) is 4.98 Å². The molecule has 0 aliphatic carbocycles. The third kappa shape index (κ3) is 5.29. The van der Waals surface area contributed by atoms with Crippen molar-refractivity contribution in [1.29, 1.82) is 0 Å². The molecule has 0 amide bonds. The third-order valence-electron chi connectivity index (χ3n) is 9.35. The molecule has 50 heavy (non-hydrogen) atoms. The summed E-state index contributed by atoms with van der Waals surface area (Å²) in [6.45, 7) is 0. The minimum absolute atomic E-state index is 0.203. The normalized spacial score (nSPS) is 11.3. The average Bonchev–Trinajstić information content (AvgIpc) is 3.52. The Balaban J connectivity index is 1.12. The highest BCUT2D eigenvalue weighted by atomic mass is 16.3. The largest absolute Gasteiger partial charge is 0.507 e. The molecule has 9 aromatic rings. The van der Waals surface area contributed by atoms with Gasteiger partial charge in [0.1, 0.15) is 5.75 Å². The number of fused-ring (bicyclic) bond motifs is 3. The molecule has 3 aromatic heterocycles. The summed E-state index contributed by atoms with van der Waals surface area (Å²) >= 11 is 0. The lowest BCUT2D eigenvalue weighted by Crippen LogP contribution is -1.93. The van der Waals surface area contributed by atoms with Crippen molar-refractivity contribution in [2.45, 2.75) is 0 Å². The van der Waals surface area contributed by atoms with E-state index in [9.17, 15) is 5.11 Å². The van der Waals surface area contributed by atoms with E-state index in [-0.39, 0.29) is 5.75 Å². The van der Waals surface area contributed by atoms with Crippen LogP contribution in [0.5, 0.6) is 5.75 Å². The molecule has 0 fully saturated rings. The van der Waals surface area contributed by atoms with E-state index in [4.69, 9.17) is 9.97 Å². The summed E-state index contributed by atoms with van der Waals surface area (Å²) in [5.41, 5.74) is 13.0. The van der Waals surface area contributed by atoms with Crippen LogP contribution in [0.1, 0.15) is 0 Å². The van der Waals surface area contributed by atoms with Gasteiger partial charge in [-0.3, -0.25) is 4.98 Å².